The highest BCUT2D eigenvalue weighted by molar-refractivity contribution is 5.48. The Hall–Kier alpha value is -2.00. The summed E-state index contributed by atoms with van der Waals surface area (Å²) in [6.07, 6.45) is 0. The van der Waals surface area contributed by atoms with Crippen LogP contribution in [0.3, 0.4) is 0 Å². The maximum Gasteiger partial charge on any atom is 0.118 e. The van der Waals surface area contributed by atoms with E-state index < -0.39 is 0 Å². The van der Waals surface area contributed by atoms with Crippen molar-refractivity contribution in [1.29, 1.82) is 0 Å². The molecule has 2 N–H and O–H groups in total. The zero-order chi connectivity index (χ0) is 14.5. The number of benzene rings is 2. The molecule has 0 aliphatic carbocycles. The summed E-state index contributed by atoms with van der Waals surface area (Å²) in [5.74, 6) is 0.888. The number of anilines is 1. The Kier molecular flexibility index (Phi) is 4.64. The summed E-state index contributed by atoms with van der Waals surface area (Å²) in [7, 11) is 3.79. The lowest BCUT2D eigenvalue weighted by atomic mass is 10.1. The zero-order valence-corrected chi connectivity index (χ0v) is 12.4. The number of hydrogen-bond acceptors (Lipinski definition) is 3. The Labute approximate surface area is 121 Å². The van der Waals surface area contributed by atoms with Crippen LogP contribution in [0.1, 0.15) is 16.7 Å². The molecule has 0 aliphatic rings. The molecule has 0 radical (unpaired) electrons. The van der Waals surface area contributed by atoms with Crippen molar-refractivity contribution in [3.8, 4) is 5.75 Å². The summed E-state index contributed by atoms with van der Waals surface area (Å²) in [6.45, 7) is 3.82. The lowest BCUT2D eigenvalue weighted by molar-refractivity contribution is 0.319. The molecule has 0 unspecified atom stereocenters. The fourth-order valence-electron chi connectivity index (χ4n) is 2.26. The van der Waals surface area contributed by atoms with E-state index in [1.165, 1.54) is 16.7 Å². The number of methoxy groups -OCH3 is 1. The zero-order valence-electron chi connectivity index (χ0n) is 12.4. The van der Waals surface area contributed by atoms with E-state index in [4.69, 9.17) is 10.5 Å². The van der Waals surface area contributed by atoms with Crippen molar-refractivity contribution in [2.24, 2.45) is 0 Å². The molecule has 0 spiro atoms. The molecule has 0 heterocycles. The normalized spacial score (nSPS) is 10.8. The lowest BCUT2D eigenvalue weighted by Gasteiger charge is -2.18. The Morgan fingerprint density at radius 3 is 2.40 bits per heavy atom. The van der Waals surface area contributed by atoms with Crippen LogP contribution in [-0.2, 0) is 13.1 Å². The lowest BCUT2D eigenvalue weighted by Crippen LogP contribution is -2.18. The maximum absolute atomic E-state index is 6.03. The van der Waals surface area contributed by atoms with Gasteiger partial charge in [-0.1, -0.05) is 29.8 Å². The van der Waals surface area contributed by atoms with E-state index in [-0.39, 0.29) is 0 Å². The van der Waals surface area contributed by atoms with Crippen molar-refractivity contribution >= 4 is 5.69 Å². The summed E-state index contributed by atoms with van der Waals surface area (Å²) >= 11 is 0. The Morgan fingerprint density at radius 1 is 1.05 bits per heavy atom. The Bertz CT molecular complexity index is 564. The van der Waals surface area contributed by atoms with Gasteiger partial charge in [0.25, 0.3) is 0 Å². The van der Waals surface area contributed by atoms with E-state index in [9.17, 15) is 0 Å². The molecule has 3 nitrogen and oxygen atoms in total. The first-order valence-electron chi connectivity index (χ1n) is 6.75. The number of rotatable bonds is 5. The summed E-state index contributed by atoms with van der Waals surface area (Å²) in [5, 5.41) is 0. The van der Waals surface area contributed by atoms with Crippen molar-refractivity contribution < 1.29 is 4.74 Å². The molecule has 0 saturated heterocycles. The van der Waals surface area contributed by atoms with Crippen molar-refractivity contribution in [3.63, 3.8) is 0 Å². The van der Waals surface area contributed by atoms with Crippen LogP contribution in [0.25, 0.3) is 0 Å². The van der Waals surface area contributed by atoms with Gasteiger partial charge in [0.1, 0.15) is 5.75 Å². The van der Waals surface area contributed by atoms with E-state index >= 15 is 0 Å². The molecule has 20 heavy (non-hydrogen) atoms. The van der Waals surface area contributed by atoms with Gasteiger partial charge in [0.05, 0.1) is 7.11 Å². The molecule has 0 fully saturated rings. The van der Waals surface area contributed by atoms with Crippen LogP contribution in [0.15, 0.2) is 42.5 Å². The minimum absolute atomic E-state index is 0.847. The maximum atomic E-state index is 6.03. The molecular weight excluding hydrogens is 248 g/mol. The third kappa shape index (κ3) is 3.75. The molecule has 0 amide bonds. The summed E-state index contributed by atoms with van der Waals surface area (Å²) in [5.41, 5.74) is 10.6. The largest absolute Gasteiger partial charge is 0.497 e. The van der Waals surface area contributed by atoms with Crippen LogP contribution in [0.4, 0.5) is 5.69 Å². The Balaban J connectivity index is 2.00. The van der Waals surface area contributed by atoms with Gasteiger partial charge >= 0.3 is 0 Å². The van der Waals surface area contributed by atoms with Crippen LogP contribution in [0.2, 0.25) is 0 Å². The van der Waals surface area contributed by atoms with E-state index in [0.717, 1.165) is 24.5 Å². The van der Waals surface area contributed by atoms with Crippen LogP contribution >= 0.6 is 0 Å². The predicted molar refractivity (Wildman–Crippen MR) is 83.8 cm³/mol. The summed E-state index contributed by atoms with van der Waals surface area (Å²) in [4.78, 5) is 2.26. The fourth-order valence-corrected chi connectivity index (χ4v) is 2.26. The number of aryl methyl sites for hydroxylation is 1. The first-order chi connectivity index (χ1) is 9.58. The summed E-state index contributed by atoms with van der Waals surface area (Å²) in [6, 6.07) is 14.3. The number of hydrogen-bond donors (Lipinski definition) is 1. The second kappa shape index (κ2) is 6.44. The van der Waals surface area contributed by atoms with Gasteiger partial charge in [0.2, 0.25) is 0 Å². The average molecular weight is 270 g/mol. The van der Waals surface area contributed by atoms with Gasteiger partial charge in [-0.25, -0.2) is 0 Å². The number of nitrogens with two attached hydrogens (primary N) is 1. The molecule has 106 valence electrons. The summed E-state index contributed by atoms with van der Waals surface area (Å²) < 4.78 is 5.17. The minimum atomic E-state index is 0.847. The van der Waals surface area contributed by atoms with Crippen LogP contribution in [-0.4, -0.2) is 19.1 Å². The van der Waals surface area contributed by atoms with Gasteiger partial charge < -0.3 is 10.5 Å². The van der Waals surface area contributed by atoms with Gasteiger partial charge in [-0.3, -0.25) is 4.90 Å². The number of nitrogens with zero attached hydrogens (tertiary/aromatic N) is 1. The van der Waals surface area contributed by atoms with E-state index in [2.05, 4.69) is 37.1 Å². The molecule has 0 bridgehead atoms. The van der Waals surface area contributed by atoms with E-state index in [1.807, 2.05) is 24.3 Å². The smallest absolute Gasteiger partial charge is 0.118 e. The number of nitrogen functional groups attached to an aromatic ring is 1. The molecule has 0 saturated carbocycles. The van der Waals surface area contributed by atoms with E-state index in [0.29, 0.717) is 0 Å². The minimum Gasteiger partial charge on any atom is -0.497 e. The van der Waals surface area contributed by atoms with Gasteiger partial charge in [0, 0.05) is 18.8 Å². The third-order valence-corrected chi connectivity index (χ3v) is 3.35. The molecule has 2 rings (SSSR count). The average Bonchev–Trinajstić information content (AvgIpc) is 2.43. The van der Waals surface area contributed by atoms with E-state index in [1.54, 1.807) is 7.11 Å². The molecule has 0 aliphatic heterocycles. The Morgan fingerprint density at radius 2 is 1.75 bits per heavy atom. The molecule has 0 atom stereocenters. The van der Waals surface area contributed by atoms with Crippen molar-refractivity contribution in [2.75, 3.05) is 19.9 Å². The first-order valence-corrected chi connectivity index (χ1v) is 6.75. The third-order valence-electron chi connectivity index (χ3n) is 3.35. The molecule has 3 heteroatoms. The highest BCUT2D eigenvalue weighted by Gasteiger charge is 2.05. The molecule has 2 aromatic carbocycles. The van der Waals surface area contributed by atoms with Crippen LogP contribution in [0, 0.1) is 6.92 Å². The SMILES string of the molecule is COc1ccc(CN(C)Cc2cc(C)ccc2N)cc1. The topological polar surface area (TPSA) is 38.5 Å². The quantitative estimate of drug-likeness (QED) is 0.848. The second-order valence-electron chi connectivity index (χ2n) is 5.22. The monoisotopic (exact) mass is 270 g/mol. The molecular formula is C17H22N2O. The van der Waals surface area contributed by atoms with Crippen LogP contribution < -0.4 is 10.5 Å². The molecule has 0 aromatic heterocycles. The molecule has 2 aromatic rings. The predicted octanol–water partition coefficient (Wildman–Crippen LogP) is 3.22. The first kappa shape index (κ1) is 14.4. The fraction of sp³-hybridized carbons (Fsp3) is 0.294. The van der Waals surface area contributed by atoms with Crippen molar-refractivity contribution in [1.82, 2.24) is 4.90 Å². The van der Waals surface area contributed by atoms with Crippen molar-refractivity contribution in [2.45, 2.75) is 20.0 Å². The van der Waals surface area contributed by atoms with Gasteiger partial charge in [0.15, 0.2) is 0 Å². The van der Waals surface area contributed by atoms with Gasteiger partial charge in [-0.15, -0.1) is 0 Å². The van der Waals surface area contributed by atoms with Crippen LogP contribution in [0.5, 0.6) is 5.75 Å². The van der Waals surface area contributed by atoms with Crippen molar-refractivity contribution in [3.05, 3.63) is 59.2 Å². The highest BCUT2D eigenvalue weighted by Crippen LogP contribution is 2.17. The number of ether oxygens (including phenoxy) is 1. The second-order valence-corrected chi connectivity index (χ2v) is 5.22. The van der Waals surface area contributed by atoms with Gasteiger partial charge in [-0.2, -0.15) is 0 Å². The highest BCUT2D eigenvalue weighted by atomic mass is 16.5. The standard InChI is InChI=1S/C17H22N2O/c1-13-4-9-17(18)15(10-13)12-19(2)11-14-5-7-16(20-3)8-6-14/h4-10H,11-12,18H2,1-3H3. The van der Waals surface area contributed by atoms with Gasteiger partial charge in [-0.05, 0) is 43.3 Å².